The fourth-order valence-electron chi connectivity index (χ4n) is 2.65. The first-order valence-electron chi connectivity index (χ1n) is 7.32. The number of hydrogen-bond acceptors (Lipinski definition) is 4. The van der Waals surface area contributed by atoms with Crippen molar-refractivity contribution in [2.75, 3.05) is 0 Å². The van der Waals surface area contributed by atoms with Crippen LogP contribution in [-0.2, 0) is 6.54 Å². The third-order valence-corrected chi connectivity index (χ3v) is 3.75. The highest BCUT2D eigenvalue weighted by molar-refractivity contribution is 5.96. The van der Waals surface area contributed by atoms with Gasteiger partial charge in [0.25, 0.3) is 0 Å². The largest absolute Gasteiger partial charge is 0.506 e. The minimum atomic E-state index is 0.168. The van der Waals surface area contributed by atoms with Crippen LogP contribution in [0.3, 0.4) is 0 Å². The highest BCUT2D eigenvalue weighted by atomic mass is 16.3. The molecule has 4 aromatic rings. The second-order valence-corrected chi connectivity index (χ2v) is 5.32. The fourth-order valence-corrected chi connectivity index (χ4v) is 2.65. The second kappa shape index (κ2) is 5.53. The smallest absolute Gasteiger partial charge is 0.141 e. The van der Waals surface area contributed by atoms with Crippen molar-refractivity contribution in [3.05, 3.63) is 72.6 Å². The first kappa shape index (κ1) is 13.5. The summed E-state index contributed by atoms with van der Waals surface area (Å²) in [5.74, 6) is 0.168. The summed E-state index contributed by atoms with van der Waals surface area (Å²) in [5.41, 5.74) is 3.41. The molecule has 0 radical (unpaired) electrons. The number of aromatic nitrogens is 4. The molecule has 0 saturated carbocycles. The van der Waals surface area contributed by atoms with Crippen LogP contribution in [0.25, 0.3) is 22.2 Å². The molecule has 0 bridgehead atoms. The van der Waals surface area contributed by atoms with Gasteiger partial charge in [0.1, 0.15) is 17.0 Å². The van der Waals surface area contributed by atoms with E-state index in [0.717, 1.165) is 16.6 Å². The average molecular weight is 302 g/mol. The quantitative estimate of drug-likeness (QED) is 0.631. The van der Waals surface area contributed by atoms with Crippen LogP contribution in [0, 0.1) is 0 Å². The third-order valence-electron chi connectivity index (χ3n) is 3.75. The molecule has 5 heteroatoms. The van der Waals surface area contributed by atoms with Crippen LogP contribution in [0.5, 0.6) is 5.75 Å². The number of aromatic hydroxyl groups is 1. The Morgan fingerprint density at radius 3 is 2.70 bits per heavy atom. The minimum Gasteiger partial charge on any atom is -0.506 e. The molecule has 2 aromatic heterocycles. The second-order valence-electron chi connectivity index (χ2n) is 5.32. The average Bonchev–Trinajstić information content (AvgIpc) is 3.05. The Bertz CT molecular complexity index is 963. The summed E-state index contributed by atoms with van der Waals surface area (Å²) in [7, 11) is 0. The van der Waals surface area contributed by atoms with Crippen molar-refractivity contribution < 1.29 is 5.11 Å². The van der Waals surface area contributed by atoms with Gasteiger partial charge in [-0.05, 0) is 23.8 Å². The number of pyridine rings is 1. The minimum absolute atomic E-state index is 0.168. The number of phenols is 1. The molecule has 2 aromatic carbocycles. The predicted molar refractivity (Wildman–Crippen MR) is 88.0 cm³/mol. The van der Waals surface area contributed by atoms with Crippen molar-refractivity contribution in [1.29, 1.82) is 0 Å². The van der Waals surface area contributed by atoms with E-state index >= 15 is 0 Å². The summed E-state index contributed by atoms with van der Waals surface area (Å²) in [5, 5.41) is 19.3. The van der Waals surface area contributed by atoms with Gasteiger partial charge in [-0.2, -0.15) is 0 Å². The fraction of sp³-hybridized carbons (Fsp3) is 0.0556. The van der Waals surface area contributed by atoms with Crippen molar-refractivity contribution in [1.82, 2.24) is 20.0 Å². The van der Waals surface area contributed by atoms with E-state index in [1.165, 1.54) is 5.56 Å². The first-order valence-corrected chi connectivity index (χ1v) is 7.32. The Morgan fingerprint density at radius 2 is 1.83 bits per heavy atom. The lowest BCUT2D eigenvalue weighted by Crippen LogP contribution is -1.99. The van der Waals surface area contributed by atoms with Crippen molar-refractivity contribution >= 4 is 10.9 Å². The molecule has 0 fully saturated rings. The monoisotopic (exact) mass is 302 g/mol. The molecule has 5 nitrogen and oxygen atoms in total. The Morgan fingerprint density at radius 1 is 0.957 bits per heavy atom. The number of rotatable bonds is 3. The maximum atomic E-state index is 9.94. The van der Waals surface area contributed by atoms with Gasteiger partial charge in [-0.15, -0.1) is 5.10 Å². The van der Waals surface area contributed by atoms with Gasteiger partial charge in [-0.25, -0.2) is 4.68 Å². The predicted octanol–water partition coefficient (Wildman–Crippen LogP) is 3.25. The standard InChI is InChI=1S/C18H14N4O/c23-17-9-8-14(15-7-4-10-19-18(15)17)16-12-22(21-20-16)11-13-5-2-1-3-6-13/h1-10,12,23H,11H2. The summed E-state index contributed by atoms with van der Waals surface area (Å²) in [6.07, 6.45) is 3.57. The lowest BCUT2D eigenvalue weighted by atomic mass is 10.1. The van der Waals surface area contributed by atoms with Crippen molar-refractivity contribution in [3.63, 3.8) is 0 Å². The van der Waals surface area contributed by atoms with E-state index in [4.69, 9.17) is 0 Å². The van der Waals surface area contributed by atoms with E-state index in [2.05, 4.69) is 27.4 Å². The van der Waals surface area contributed by atoms with Crippen LogP contribution < -0.4 is 0 Å². The number of hydrogen-bond donors (Lipinski definition) is 1. The van der Waals surface area contributed by atoms with Crippen LogP contribution in [0.1, 0.15) is 5.56 Å². The summed E-state index contributed by atoms with van der Waals surface area (Å²) < 4.78 is 1.81. The zero-order valence-corrected chi connectivity index (χ0v) is 12.3. The molecule has 0 amide bonds. The molecule has 0 spiro atoms. The Kier molecular flexibility index (Phi) is 3.24. The zero-order chi connectivity index (χ0) is 15.6. The van der Waals surface area contributed by atoms with E-state index in [-0.39, 0.29) is 5.75 Å². The molecule has 0 aliphatic heterocycles. The Balaban J connectivity index is 1.74. The van der Waals surface area contributed by atoms with E-state index in [1.54, 1.807) is 16.9 Å². The van der Waals surface area contributed by atoms with Gasteiger partial charge >= 0.3 is 0 Å². The molecule has 1 N–H and O–H groups in total. The molecule has 23 heavy (non-hydrogen) atoms. The van der Waals surface area contributed by atoms with Gasteiger partial charge in [0, 0.05) is 17.1 Å². The van der Waals surface area contributed by atoms with Gasteiger partial charge in [-0.1, -0.05) is 41.6 Å². The van der Waals surface area contributed by atoms with Crippen molar-refractivity contribution in [2.24, 2.45) is 0 Å². The van der Waals surface area contributed by atoms with Gasteiger partial charge < -0.3 is 5.11 Å². The summed E-state index contributed by atoms with van der Waals surface area (Å²) in [6.45, 7) is 0.669. The van der Waals surface area contributed by atoms with Gasteiger partial charge in [0.15, 0.2) is 0 Å². The Labute approximate surface area is 132 Å². The molecule has 2 heterocycles. The highest BCUT2D eigenvalue weighted by Gasteiger charge is 2.11. The van der Waals surface area contributed by atoms with E-state index in [0.29, 0.717) is 12.1 Å². The van der Waals surface area contributed by atoms with Crippen molar-refractivity contribution in [3.8, 4) is 17.0 Å². The summed E-state index contributed by atoms with van der Waals surface area (Å²) in [6, 6.07) is 17.4. The Hall–Kier alpha value is -3.21. The first-order chi connectivity index (χ1) is 11.3. The molecule has 0 aliphatic rings. The van der Waals surface area contributed by atoms with Crippen LogP contribution >= 0.6 is 0 Å². The van der Waals surface area contributed by atoms with Crippen LogP contribution in [0.2, 0.25) is 0 Å². The highest BCUT2D eigenvalue weighted by Crippen LogP contribution is 2.31. The lowest BCUT2D eigenvalue weighted by molar-refractivity contribution is 0.480. The van der Waals surface area contributed by atoms with Crippen LogP contribution in [0.4, 0.5) is 0 Å². The van der Waals surface area contributed by atoms with Gasteiger partial charge in [0.05, 0.1) is 12.7 Å². The zero-order valence-electron chi connectivity index (χ0n) is 12.3. The number of nitrogens with zero attached hydrogens (tertiary/aromatic N) is 4. The summed E-state index contributed by atoms with van der Waals surface area (Å²) >= 11 is 0. The third kappa shape index (κ3) is 2.53. The van der Waals surface area contributed by atoms with Crippen LogP contribution in [0.15, 0.2) is 67.0 Å². The topological polar surface area (TPSA) is 63.8 Å². The number of benzene rings is 2. The molecule has 0 unspecified atom stereocenters. The van der Waals surface area contributed by atoms with E-state index < -0.39 is 0 Å². The van der Waals surface area contributed by atoms with Crippen LogP contribution in [-0.4, -0.2) is 25.1 Å². The lowest BCUT2D eigenvalue weighted by Gasteiger charge is -2.04. The summed E-state index contributed by atoms with van der Waals surface area (Å²) in [4.78, 5) is 4.24. The molecule has 0 aliphatic carbocycles. The SMILES string of the molecule is Oc1ccc(-c2cn(Cc3ccccc3)nn2)c2cccnc12. The van der Waals surface area contributed by atoms with Crippen molar-refractivity contribution in [2.45, 2.75) is 6.54 Å². The van der Waals surface area contributed by atoms with E-state index in [9.17, 15) is 5.11 Å². The molecule has 4 rings (SSSR count). The maximum Gasteiger partial charge on any atom is 0.141 e. The molecule has 112 valence electrons. The number of phenolic OH excluding ortho intramolecular Hbond substituents is 1. The molecular weight excluding hydrogens is 288 g/mol. The van der Waals surface area contributed by atoms with Gasteiger partial charge in [-0.3, -0.25) is 4.98 Å². The normalized spacial score (nSPS) is 11.0. The number of fused-ring (bicyclic) bond motifs is 1. The van der Waals surface area contributed by atoms with Gasteiger partial charge in [0.2, 0.25) is 0 Å². The molecule has 0 saturated heterocycles. The molecule has 0 atom stereocenters. The van der Waals surface area contributed by atoms with E-state index in [1.807, 2.05) is 42.6 Å². The molecular formula is C18H14N4O. The maximum absolute atomic E-state index is 9.94.